The number of pyridine rings is 1. The van der Waals surface area contributed by atoms with Crippen LogP contribution in [0.5, 0.6) is 5.75 Å². The molecule has 3 heterocycles. The number of aryl methyl sites for hydroxylation is 2. The second-order valence-corrected chi connectivity index (χ2v) is 5.72. The van der Waals surface area contributed by atoms with E-state index in [0.717, 1.165) is 30.1 Å². The fraction of sp³-hybridized carbons (Fsp3) is 0.467. The summed E-state index contributed by atoms with van der Waals surface area (Å²) in [6, 6.07) is 2.39. The van der Waals surface area contributed by atoms with E-state index < -0.39 is 11.9 Å². The lowest BCUT2D eigenvalue weighted by atomic mass is 10.1. The van der Waals surface area contributed by atoms with Crippen molar-refractivity contribution in [1.82, 2.24) is 19.7 Å². The minimum atomic E-state index is -4.46. The lowest BCUT2D eigenvalue weighted by molar-refractivity contribution is -0.141. The molecule has 0 atom stereocenters. The molecule has 124 valence electrons. The SMILES string of the molecule is Cc1nn(C)cc1CN1CC(Oc2ccnc(C(F)(F)F)c2)C1. The molecule has 0 radical (unpaired) electrons. The highest BCUT2D eigenvalue weighted by Gasteiger charge is 2.34. The number of ether oxygens (including phenoxy) is 1. The molecule has 0 saturated carbocycles. The van der Waals surface area contributed by atoms with Crippen LogP contribution in [0.3, 0.4) is 0 Å². The van der Waals surface area contributed by atoms with Crippen LogP contribution in [0.2, 0.25) is 0 Å². The smallest absolute Gasteiger partial charge is 0.433 e. The van der Waals surface area contributed by atoms with E-state index in [0.29, 0.717) is 13.1 Å². The van der Waals surface area contributed by atoms with Crippen molar-refractivity contribution in [2.45, 2.75) is 25.7 Å². The number of alkyl halides is 3. The summed E-state index contributed by atoms with van der Waals surface area (Å²) in [5.41, 5.74) is 1.20. The molecule has 2 aromatic rings. The Balaban J connectivity index is 1.53. The molecule has 0 spiro atoms. The zero-order valence-electron chi connectivity index (χ0n) is 12.8. The summed E-state index contributed by atoms with van der Waals surface area (Å²) in [6.07, 6.45) is -1.46. The minimum Gasteiger partial charge on any atom is -0.488 e. The molecule has 0 unspecified atom stereocenters. The summed E-state index contributed by atoms with van der Waals surface area (Å²) in [7, 11) is 1.88. The molecular formula is C15H17F3N4O. The van der Waals surface area contributed by atoms with Crippen LogP contribution in [0.1, 0.15) is 17.0 Å². The first-order chi connectivity index (χ1) is 10.8. The Morgan fingerprint density at radius 2 is 2.09 bits per heavy atom. The first-order valence-electron chi connectivity index (χ1n) is 7.22. The Labute approximate surface area is 131 Å². The Morgan fingerprint density at radius 3 is 2.70 bits per heavy atom. The molecule has 1 saturated heterocycles. The molecule has 8 heteroatoms. The van der Waals surface area contributed by atoms with Crippen LogP contribution in [-0.4, -0.2) is 38.9 Å². The number of hydrogen-bond acceptors (Lipinski definition) is 4. The van der Waals surface area contributed by atoms with Gasteiger partial charge in [0, 0.05) is 50.7 Å². The lowest BCUT2D eigenvalue weighted by Crippen LogP contribution is -2.53. The molecule has 1 aliphatic heterocycles. The van der Waals surface area contributed by atoms with E-state index in [4.69, 9.17) is 4.74 Å². The van der Waals surface area contributed by atoms with Crippen molar-refractivity contribution >= 4 is 0 Å². The molecule has 3 rings (SSSR count). The molecular weight excluding hydrogens is 309 g/mol. The molecule has 2 aromatic heterocycles. The summed E-state index contributed by atoms with van der Waals surface area (Å²) in [4.78, 5) is 5.49. The van der Waals surface area contributed by atoms with Gasteiger partial charge in [0.25, 0.3) is 0 Å². The first-order valence-corrected chi connectivity index (χ1v) is 7.22. The van der Waals surface area contributed by atoms with Crippen LogP contribution >= 0.6 is 0 Å². The van der Waals surface area contributed by atoms with Crippen LogP contribution in [0.15, 0.2) is 24.5 Å². The van der Waals surface area contributed by atoms with Crippen molar-refractivity contribution in [3.63, 3.8) is 0 Å². The quantitative estimate of drug-likeness (QED) is 0.865. The highest BCUT2D eigenvalue weighted by atomic mass is 19.4. The molecule has 0 aliphatic carbocycles. The van der Waals surface area contributed by atoms with Gasteiger partial charge in [-0.05, 0) is 13.0 Å². The largest absolute Gasteiger partial charge is 0.488 e. The fourth-order valence-electron chi connectivity index (χ4n) is 2.60. The minimum absolute atomic E-state index is 0.101. The summed E-state index contributed by atoms with van der Waals surface area (Å²) in [6.45, 7) is 4.08. The molecule has 23 heavy (non-hydrogen) atoms. The van der Waals surface area contributed by atoms with Crippen LogP contribution in [0.4, 0.5) is 13.2 Å². The molecule has 1 fully saturated rings. The second kappa shape index (κ2) is 5.84. The zero-order chi connectivity index (χ0) is 16.6. The Morgan fingerprint density at radius 1 is 1.35 bits per heavy atom. The van der Waals surface area contributed by atoms with Gasteiger partial charge in [-0.15, -0.1) is 0 Å². The topological polar surface area (TPSA) is 43.2 Å². The molecule has 5 nitrogen and oxygen atoms in total. The van der Waals surface area contributed by atoms with E-state index in [2.05, 4.69) is 15.0 Å². The van der Waals surface area contributed by atoms with E-state index in [1.165, 1.54) is 6.07 Å². The van der Waals surface area contributed by atoms with Gasteiger partial charge < -0.3 is 4.74 Å². The summed E-state index contributed by atoms with van der Waals surface area (Å²) in [5.74, 6) is 0.203. The standard InChI is InChI=1S/C15H17F3N4O/c1-10-11(6-21(2)20-10)7-22-8-13(9-22)23-12-3-4-19-14(5-12)15(16,17)18/h3-6,13H,7-9H2,1-2H3. The zero-order valence-corrected chi connectivity index (χ0v) is 12.8. The Hall–Kier alpha value is -2.09. The van der Waals surface area contributed by atoms with E-state index in [9.17, 15) is 13.2 Å². The van der Waals surface area contributed by atoms with Gasteiger partial charge in [-0.25, -0.2) is 0 Å². The molecule has 0 bridgehead atoms. The van der Waals surface area contributed by atoms with Gasteiger partial charge in [0.2, 0.25) is 0 Å². The van der Waals surface area contributed by atoms with Crippen molar-refractivity contribution in [1.29, 1.82) is 0 Å². The van der Waals surface area contributed by atoms with Gasteiger partial charge in [-0.3, -0.25) is 14.6 Å². The Bertz CT molecular complexity index is 692. The summed E-state index contributed by atoms with van der Waals surface area (Å²) >= 11 is 0. The predicted octanol–water partition coefficient (Wildman–Crippen LogP) is 2.41. The number of nitrogens with zero attached hydrogens (tertiary/aromatic N) is 4. The van der Waals surface area contributed by atoms with Gasteiger partial charge in [0.1, 0.15) is 17.5 Å². The normalized spacial score (nSPS) is 16.4. The van der Waals surface area contributed by atoms with Crippen molar-refractivity contribution in [2.24, 2.45) is 7.05 Å². The molecule has 1 aliphatic rings. The third-order valence-electron chi connectivity index (χ3n) is 3.76. The van der Waals surface area contributed by atoms with Gasteiger partial charge >= 0.3 is 6.18 Å². The van der Waals surface area contributed by atoms with Crippen molar-refractivity contribution in [3.05, 3.63) is 41.5 Å². The average molecular weight is 326 g/mol. The number of likely N-dealkylation sites (tertiary alicyclic amines) is 1. The van der Waals surface area contributed by atoms with Gasteiger partial charge in [0.15, 0.2) is 0 Å². The van der Waals surface area contributed by atoms with Crippen LogP contribution in [-0.2, 0) is 19.8 Å². The lowest BCUT2D eigenvalue weighted by Gasteiger charge is -2.38. The summed E-state index contributed by atoms with van der Waals surface area (Å²) in [5, 5.41) is 4.29. The first kappa shape index (κ1) is 15.8. The van der Waals surface area contributed by atoms with Crippen molar-refractivity contribution < 1.29 is 17.9 Å². The van der Waals surface area contributed by atoms with E-state index in [-0.39, 0.29) is 11.9 Å². The van der Waals surface area contributed by atoms with Gasteiger partial charge in [0.05, 0.1) is 5.69 Å². The number of aromatic nitrogens is 3. The molecule has 0 amide bonds. The van der Waals surface area contributed by atoms with Crippen molar-refractivity contribution in [3.8, 4) is 5.75 Å². The molecule has 0 N–H and O–H groups in total. The van der Waals surface area contributed by atoms with Crippen LogP contribution in [0, 0.1) is 6.92 Å². The Kier molecular flexibility index (Phi) is 4.01. The monoisotopic (exact) mass is 326 g/mol. The maximum absolute atomic E-state index is 12.6. The summed E-state index contributed by atoms with van der Waals surface area (Å²) < 4.78 is 45.2. The van der Waals surface area contributed by atoms with Crippen LogP contribution in [0.25, 0.3) is 0 Å². The third kappa shape index (κ3) is 3.64. The van der Waals surface area contributed by atoms with E-state index in [1.54, 1.807) is 4.68 Å². The fourth-order valence-corrected chi connectivity index (χ4v) is 2.60. The van der Waals surface area contributed by atoms with Gasteiger partial charge in [-0.2, -0.15) is 18.3 Å². The third-order valence-corrected chi connectivity index (χ3v) is 3.76. The predicted molar refractivity (Wildman–Crippen MR) is 76.9 cm³/mol. The maximum Gasteiger partial charge on any atom is 0.433 e. The van der Waals surface area contributed by atoms with E-state index >= 15 is 0 Å². The molecule has 0 aromatic carbocycles. The number of rotatable bonds is 4. The van der Waals surface area contributed by atoms with Crippen LogP contribution < -0.4 is 4.74 Å². The second-order valence-electron chi connectivity index (χ2n) is 5.72. The number of hydrogen-bond donors (Lipinski definition) is 0. The number of halogens is 3. The van der Waals surface area contributed by atoms with Gasteiger partial charge in [-0.1, -0.05) is 0 Å². The average Bonchev–Trinajstić information content (AvgIpc) is 2.74. The highest BCUT2D eigenvalue weighted by Crippen LogP contribution is 2.30. The van der Waals surface area contributed by atoms with E-state index in [1.807, 2.05) is 20.2 Å². The highest BCUT2D eigenvalue weighted by molar-refractivity contribution is 5.25. The maximum atomic E-state index is 12.6. The van der Waals surface area contributed by atoms with Crippen molar-refractivity contribution in [2.75, 3.05) is 13.1 Å².